The summed E-state index contributed by atoms with van der Waals surface area (Å²) in [6.45, 7) is 1.63. The van der Waals surface area contributed by atoms with Gasteiger partial charge >= 0.3 is 5.97 Å². The van der Waals surface area contributed by atoms with Gasteiger partial charge in [0.15, 0.2) is 0 Å². The molecular weight excluding hydrogens is 234 g/mol. The summed E-state index contributed by atoms with van der Waals surface area (Å²) in [6.07, 6.45) is 4.69. The Bertz CT molecular complexity index is 418. The number of nitrogens with zero attached hydrogens (tertiary/aromatic N) is 3. The van der Waals surface area contributed by atoms with Crippen molar-refractivity contribution in [2.24, 2.45) is 13.0 Å². The van der Waals surface area contributed by atoms with Crippen LogP contribution in [0.5, 0.6) is 0 Å². The monoisotopic (exact) mass is 253 g/mol. The molecule has 18 heavy (non-hydrogen) atoms. The first-order valence-corrected chi connectivity index (χ1v) is 6.06. The van der Waals surface area contributed by atoms with Crippen LogP contribution in [0.4, 0.5) is 0 Å². The molecule has 2 rings (SSSR count). The van der Waals surface area contributed by atoms with E-state index in [1.54, 1.807) is 4.68 Å². The second-order valence-corrected chi connectivity index (χ2v) is 4.80. The van der Waals surface area contributed by atoms with Gasteiger partial charge in [-0.25, -0.2) is 0 Å². The summed E-state index contributed by atoms with van der Waals surface area (Å²) in [6, 6.07) is -0.0285. The second-order valence-electron chi connectivity index (χ2n) is 4.80. The Morgan fingerprint density at radius 2 is 2.44 bits per heavy atom. The maximum atomic E-state index is 11.1. The molecule has 0 amide bonds. The molecule has 6 heteroatoms. The molecule has 0 spiro atoms. The van der Waals surface area contributed by atoms with E-state index in [0.717, 1.165) is 18.5 Å². The fourth-order valence-corrected chi connectivity index (χ4v) is 2.29. The molecule has 1 aromatic heterocycles. The van der Waals surface area contributed by atoms with Crippen molar-refractivity contribution in [3.8, 4) is 0 Å². The van der Waals surface area contributed by atoms with Crippen LogP contribution in [-0.2, 0) is 23.0 Å². The number of aromatic nitrogens is 2. The van der Waals surface area contributed by atoms with E-state index < -0.39 is 11.9 Å². The SMILES string of the molecule is CN(CCc1cnn(C)c1)C1COCC1C(=O)O. The first kappa shape index (κ1) is 13.0. The minimum absolute atomic E-state index is 0.0285. The number of hydrogen-bond donors (Lipinski definition) is 1. The Hall–Kier alpha value is -1.40. The van der Waals surface area contributed by atoms with Crippen LogP contribution in [0, 0.1) is 5.92 Å². The van der Waals surface area contributed by atoms with Crippen molar-refractivity contribution in [3.05, 3.63) is 18.0 Å². The Morgan fingerprint density at radius 1 is 1.67 bits per heavy atom. The highest BCUT2D eigenvalue weighted by atomic mass is 16.5. The number of ether oxygens (including phenoxy) is 1. The van der Waals surface area contributed by atoms with Crippen molar-refractivity contribution in [2.45, 2.75) is 12.5 Å². The Morgan fingerprint density at radius 3 is 3.06 bits per heavy atom. The van der Waals surface area contributed by atoms with Crippen LogP contribution < -0.4 is 0 Å². The van der Waals surface area contributed by atoms with Crippen LogP contribution in [0.1, 0.15) is 5.56 Å². The molecule has 1 N–H and O–H groups in total. The van der Waals surface area contributed by atoms with Gasteiger partial charge in [0.2, 0.25) is 0 Å². The topological polar surface area (TPSA) is 67.6 Å². The molecule has 2 atom stereocenters. The minimum Gasteiger partial charge on any atom is -0.481 e. The van der Waals surface area contributed by atoms with Crippen molar-refractivity contribution < 1.29 is 14.6 Å². The molecule has 2 unspecified atom stereocenters. The quantitative estimate of drug-likeness (QED) is 0.799. The van der Waals surface area contributed by atoms with Gasteiger partial charge in [0.1, 0.15) is 0 Å². The number of likely N-dealkylation sites (N-methyl/N-ethyl adjacent to an activating group) is 1. The molecule has 0 bridgehead atoms. The molecule has 6 nitrogen and oxygen atoms in total. The lowest BCUT2D eigenvalue weighted by Crippen LogP contribution is -2.41. The van der Waals surface area contributed by atoms with E-state index in [9.17, 15) is 4.79 Å². The molecule has 0 aliphatic carbocycles. The van der Waals surface area contributed by atoms with Crippen LogP contribution in [0.3, 0.4) is 0 Å². The number of carboxylic acids is 1. The third kappa shape index (κ3) is 2.88. The van der Waals surface area contributed by atoms with E-state index in [1.807, 2.05) is 26.5 Å². The van der Waals surface area contributed by atoms with Gasteiger partial charge < -0.3 is 9.84 Å². The van der Waals surface area contributed by atoms with Crippen molar-refractivity contribution in [3.63, 3.8) is 0 Å². The molecule has 1 aromatic rings. The zero-order chi connectivity index (χ0) is 13.1. The summed E-state index contributed by atoms with van der Waals surface area (Å²) in [5, 5.41) is 13.2. The van der Waals surface area contributed by atoms with Gasteiger partial charge in [0.05, 0.1) is 25.3 Å². The van der Waals surface area contributed by atoms with E-state index in [4.69, 9.17) is 9.84 Å². The van der Waals surface area contributed by atoms with Gasteiger partial charge in [-0.15, -0.1) is 0 Å². The Labute approximate surface area is 106 Å². The Kier molecular flexibility index (Phi) is 3.98. The molecule has 0 radical (unpaired) electrons. The third-order valence-corrected chi connectivity index (χ3v) is 3.45. The van der Waals surface area contributed by atoms with Crippen molar-refractivity contribution >= 4 is 5.97 Å². The molecule has 1 fully saturated rings. The van der Waals surface area contributed by atoms with Gasteiger partial charge in [0.25, 0.3) is 0 Å². The van der Waals surface area contributed by atoms with Crippen molar-refractivity contribution in [2.75, 3.05) is 26.8 Å². The standard InChI is InChI=1S/C12H19N3O3/c1-14(4-3-9-5-13-15(2)6-9)11-8-18-7-10(11)12(16)17/h5-6,10-11H,3-4,7-8H2,1-2H3,(H,16,17). The van der Waals surface area contributed by atoms with Crippen molar-refractivity contribution in [1.29, 1.82) is 0 Å². The van der Waals surface area contributed by atoms with E-state index >= 15 is 0 Å². The number of carbonyl (C=O) groups is 1. The summed E-state index contributed by atoms with van der Waals surface area (Å²) in [7, 11) is 3.84. The smallest absolute Gasteiger partial charge is 0.310 e. The van der Waals surface area contributed by atoms with E-state index in [-0.39, 0.29) is 6.04 Å². The predicted octanol–water partition coefficient (Wildman–Crippen LogP) is -0.00600. The summed E-state index contributed by atoms with van der Waals surface area (Å²) in [5.74, 6) is -1.19. The van der Waals surface area contributed by atoms with Crippen LogP contribution in [0.2, 0.25) is 0 Å². The fourth-order valence-electron chi connectivity index (χ4n) is 2.29. The molecular formula is C12H19N3O3. The lowest BCUT2D eigenvalue weighted by atomic mass is 10.0. The summed E-state index contributed by atoms with van der Waals surface area (Å²) in [5.41, 5.74) is 1.16. The second kappa shape index (κ2) is 5.49. The van der Waals surface area contributed by atoms with Gasteiger partial charge in [0, 0.05) is 25.8 Å². The van der Waals surface area contributed by atoms with Gasteiger partial charge in [-0.05, 0) is 19.0 Å². The Balaban J connectivity index is 1.87. The van der Waals surface area contributed by atoms with Crippen LogP contribution >= 0.6 is 0 Å². The molecule has 2 heterocycles. The lowest BCUT2D eigenvalue weighted by Gasteiger charge is -2.25. The summed E-state index contributed by atoms with van der Waals surface area (Å²) < 4.78 is 7.04. The largest absolute Gasteiger partial charge is 0.481 e. The summed E-state index contributed by atoms with van der Waals surface area (Å²) >= 11 is 0. The van der Waals surface area contributed by atoms with Crippen molar-refractivity contribution in [1.82, 2.24) is 14.7 Å². The van der Waals surface area contributed by atoms with Gasteiger partial charge in [-0.2, -0.15) is 5.10 Å². The number of aryl methyl sites for hydroxylation is 1. The normalized spacial score (nSPS) is 23.7. The average molecular weight is 253 g/mol. The highest BCUT2D eigenvalue weighted by Crippen LogP contribution is 2.19. The summed E-state index contributed by atoms with van der Waals surface area (Å²) in [4.78, 5) is 13.1. The first-order valence-electron chi connectivity index (χ1n) is 6.06. The highest BCUT2D eigenvalue weighted by Gasteiger charge is 2.36. The predicted molar refractivity (Wildman–Crippen MR) is 65.3 cm³/mol. The molecule has 0 saturated carbocycles. The van der Waals surface area contributed by atoms with Gasteiger partial charge in [-0.3, -0.25) is 14.4 Å². The lowest BCUT2D eigenvalue weighted by molar-refractivity contribution is -0.143. The molecule has 100 valence electrons. The van der Waals surface area contributed by atoms with Gasteiger partial charge in [-0.1, -0.05) is 0 Å². The van der Waals surface area contributed by atoms with E-state index in [0.29, 0.717) is 13.2 Å². The number of carboxylic acid groups (broad SMARTS) is 1. The highest BCUT2D eigenvalue weighted by molar-refractivity contribution is 5.71. The number of hydrogen-bond acceptors (Lipinski definition) is 4. The van der Waals surface area contributed by atoms with Crippen LogP contribution in [-0.4, -0.2) is 58.6 Å². The maximum Gasteiger partial charge on any atom is 0.310 e. The fraction of sp³-hybridized carbons (Fsp3) is 0.667. The third-order valence-electron chi connectivity index (χ3n) is 3.45. The van der Waals surface area contributed by atoms with Crippen LogP contribution in [0.15, 0.2) is 12.4 Å². The average Bonchev–Trinajstić information content (AvgIpc) is 2.94. The van der Waals surface area contributed by atoms with E-state index in [1.165, 1.54) is 0 Å². The molecule has 1 aliphatic heterocycles. The first-order chi connectivity index (χ1) is 8.58. The van der Waals surface area contributed by atoms with E-state index in [2.05, 4.69) is 10.00 Å². The minimum atomic E-state index is -0.772. The molecule has 1 aliphatic rings. The van der Waals surface area contributed by atoms with Crippen LogP contribution in [0.25, 0.3) is 0 Å². The number of rotatable bonds is 5. The zero-order valence-corrected chi connectivity index (χ0v) is 10.7. The molecule has 1 saturated heterocycles. The maximum absolute atomic E-state index is 11.1. The molecule has 0 aromatic carbocycles. The zero-order valence-electron chi connectivity index (χ0n) is 10.7. The number of aliphatic carboxylic acids is 1.